The fraction of sp³-hybridized carbons (Fsp3) is 0.105. The Morgan fingerprint density at radius 2 is 1.62 bits per heavy atom. The minimum absolute atomic E-state index is 0.0159. The van der Waals surface area contributed by atoms with Crippen LogP contribution in [0.15, 0.2) is 59.5 Å². The average Bonchev–Trinajstić information content (AvgIpc) is 2.98. The van der Waals surface area contributed by atoms with E-state index in [0.717, 1.165) is 21.3 Å². The van der Waals surface area contributed by atoms with Crippen molar-refractivity contribution >= 4 is 28.8 Å². The molecular weight excluding hydrogens is 428 g/mol. The third-order valence-electron chi connectivity index (χ3n) is 4.31. The van der Waals surface area contributed by atoms with Gasteiger partial charge in [0.05, 0.1) is 23.3 Å². The van der Waals surface area contributed by atoms with Gasteiger partial charge in [-0.2, -0.15) is 22.8 Å². The van der Waals surface area contributed by atoms with Gasteiger partial charge in [-0.25, -0.2) is 9.48 Å². The lowest BCUT2D eigenvalue weighted by Gasteiger charge is -2.07. The number of rotatable bonds is 3. The van der Waals surface area contributed by atoms with Crippen molar-refractivity contribution in [2.24, 2.45) is 0 Å². The molecule has 0 N–H and O–H groups in total. The topological polar surface area (TPSA) is 52.2 Å². The van der Waals surface area contributed by atoms with Crippen molar-refractivity contribution in [1.82, 2.24) is 19.4 Å². The summed E-state index contributed by atoms with van der Waals surface area (Å²) in [5, 5.41) is 9.15. The average molecular weight is 439 g/mol. The molecule has 2 aromatic carbocycles. The van der Waals surface area contributed by atoms with E-state index in [9.17, 15) is 18.0 Å². The zero-order valence-electron chi connectivity index (χ0n) is 14.5. The minimum Gasteiger partial charge on any atom is -0.244 e. The van der Waals surface area contributed by atoms with Gasteiger partial charge >= 0.3 is 11.9 Å². The van der Waals surface area contributed by atoms with Crippen molar-refractivity contribution in [2.45, 2.75) is 12.7 Å². The van der Waals surface area contributed by atoms with E-state index < -0.39 is 17.4 Å². The van der Waals surface area contributed by atoms with Crippen LogP contribution in [-0.2, 0) is 12.7 Å². The van der Waals surface area contributed by atoms with Crippen molar-refractivity contribution in [3.8, 4) is 11.1 Å². The predicted octanol–water partition coefficient (Wildman–Crippen LogP) is 4.93. The SMILES string of the molecule is O=c1n(Cc2ccc(C(F)(F)F)cc2)nc2c(-c3ccc(Cl)cc3)c(Cl)cnn12. The number of hydrogen-bond acceptors (Lipinski definition) is 3. The first-order valence-electron chi connectivity index (χ1n) is 8.30. The summed E-state index contributed by atoms with van der Waals surface area (Å²) in [4.78, 5) is 12.7. The Bertz CT molecular complexity index is 1250. The summed E-state index contributed by atoms with van der Waals surface area (Å²) in [6, 6.07) is 11.4. The van der Waals surface area contributed by atoms with E-state index in [2.05, 4.69) is 10.2 Å². The van der Waals surface area contributed by atoms with Gasteiger partial charge in [-0.1, -0.05) is 47.5 Å². The maximum absolute atomic E-state index is 12.7. The lowest BCUT2D eigenvalue weighted by Crippen LogP contribution is -2.23. The van der Waals surface area contributed by atoms with Crippen LogP contribution >= 0.6 is 23.2 Å². The largest absolute Gasteiger partial charge is 0.416 e. The smallest absolute Gasteiger partial charge is 0.244 e. The molecule has 29 heavy (non-hydrogen) atoms. The van der Waals surface area contributed by atoms with Crippen LogP contribution < -0.4 is 5.69 Å². The van der Waals surface area contributed by atoms with Crippen molar-refractivity contribution in [2.75, 3.05) is 0 Å². The van der Waals surface area contributed by atoms with Crippen molar-refractivity contribution in [3.63, 3.8) is 0 Å². The molecule has 0 unspecified atom stereocenters. The molecule has 4 aromatic rings. The van der Waals surface area contributed by atoms with Gasteiger partial charge in [0.25, 0.3) is 0 Å². The standard InChI is InChI=1S/C19H11Cl2F3N4O/c20-14-7-3-12(4-8-14)16-15(21)9-25-28-17(16)26-27(18(28)29)10-11-1-5-13(6-2-11)19(22,23)24/h1-9H,10H2. The van der Waals surface area contributed by atoms with Gasteiger partial charge in [-0.15, -0.1) is 5.10 Å². The first-order valence-corrected chi connectivity index (χ1v) is 9.06. The highest BCUT2D eigenvalue weighted by molar-refractivity contribution is 6.34. The summed E-state index contributed by atoms with van der Waals surface area (Å²) in [6.45, 7) is -0.0159. The van der Waals surface area contributed by atoms with Crippen molar-refractivity contribution in [3.05, 3.63) is 86.4 Å². The maximum Gasteiger partial charge on any atom is 0.416 e. The fourth-order valence-electron chi connectivity index (χ4n) is 2.90. The lowest BCUT2D eigenvalue weighted by molar-refractivity contribution is -0.137. The predicted molar refractivity (Wildman–Crippen MR) is 103 cm³/mol. The molecule has 0 saturated heterocycles. The number of halogens is 5. The van der Waals surface area contributed by atoms with E-state index in [1.54, 1.807) is 24.3 Å². The Morgan fingerprint density at radius 3 is 2.24 bits per heavy atom. The quantitative estimate of drug-likeness (QED) is 0.455. The Kier molecular flexibility index (Phi) is 4.84. The van der Waals surface area contributed by atoms with Crippen LogP contribution in [0.5, 0.6) is 0 Å². The summed E-state index contributed by atoms with van der Waals surface area (Å²) in [7, 11) is 0. The molecule has 0 bridgehead atoms. The zero-order chi connectivity index (χ0) is 20.8. The van der Waals surface area contributed by atoms with Crippen LogP contribution in [0.3, 0.4) is 0 Å². The molecule has 148 valence electrons. The van der Waals surface area contributed by atoms with Crippen LogP contribution in [0.1, 0.15) is 11.1 Å². The second-order valence-electron chi connectivity index (χ2n) is 6.24. The number of nitrogens with zero attached hydrogens (tertiary/aromatic N) is 4. The summed E-state index contributed by atoms with van der Waals surface area (Å²) in [5.41, 5.74) is 0.619. The summed E-state index contributed by atoms with van der Waals surface area (Å²) in [5.74, 6) is 0. The van der Waals surface area contributed by atoms with Gasteiger partial charge in [0.1, 0.15) is 0 Å². The Morgan fingerprint density at radius 1 is 0.966 bits per heavy atom. The van der Waals surface area contributed by atoms with E-state index >= 15 is 0 Å². The van der Waals surface area contributed by atoms with Gasteiger partial charge in [0, 0.05) is 10.6 Å². The minimum atomic E-state index is -4.42. The first-order chi connectivity index (χ1) is 13.7. The molecule has 0 amide bonds. The normalized spacial score (nSPS) is 11.9. The lowest BCUT2D eigenvalue weighted by atomic mass is 10.1. The number of benzene rings is 2. The fourth-order valence-corrected chi connectivity index (χ4v) is 3.26. The monoisotopic (exact) mass is 438 g/mol. The van der Waals surface area contributed by atoms with Crippen molar-refractivity contribution in [1.29, 1.82) is 0 Å². The summed E-state index contributed by atoms with van der Waals surface area (Å²) < 4.78 is 40.4. The van der Waals surface area contributed by atoms with Crippen molar-refractivity contribution < 1.29 is 13.2 Å². The number of fused-ring (bicyclic) bond motifs is 1. The van der Waals surface area contributed by atoms with Gasteiger partial charge in [0.2, 0.25) is 0 Å². The van der Waals surface area contributed by atoms with Crippen LogP contribution in [0.25, 0.3) is 16.8 Å². The Labute approximate surface area is 171 Å². The molecule has 0 radical (unpaired) electrons. The molecule has 2 aromatic heterocycles. The van der Waals surface area contributed by atoms with E-state index in [4.69, 9.17) is 23.2 Å². The first kappa shape index (κ1) is 19.5. The van der Waals surface area contributed by atoms with Crippen LogP contribution in [-0.4, -0.2) is 19.4 Å². The number of hydrogen-bond donors (Lipinski definition) is 0. The highest BCUT2D eigenvalue weighted by atomic mass is 35.5. The van der Waals surface area contributed by atoms with Gasteiger partial charge in [-0.3, -0.25) is 0 Å². The van der Waals surface area contributed by atoms with E-state index in [1.807, 2.05) is 0 Å². The molecule has 0 fully saturated rings. The maximum atomic E-state index is 12.7. The molecule has 10 heteroatoms. The molecule has 0 atom stereocenters. The number of alkyl halides is 3. The molecule has 5 nitrogen and oxygen atoms in total. The highest BCUT2D eigenvalue weighted by Gasteiger charge is 2.30. The third kappa shape index (κ3) is 3.73. The number of aromatic nitrogens is 4. The molecular formula is C19H11Cl2F3N4O. The molecule has 0 aliphatic heterocycles. The highest BCUT2D eigenvalue weighted by Crippen LogP contribution is 2.31. The van der Waals surface area contributed by atoms with Crippen LogP contribution in [0.4, 0.5) is 13.2 Å². The molecule has 0 aliphatic carbocycles. The van der Waals surface area contributed by atoms with Gasteiger partial charge < -0.3 is 0 Å². The van der Waals surface area contributed by atoms with Crippen LogP contribution in [0, 0.1) is 0 Å². The molecule has 4 rings (SSSR count). The second kappa shape index (κ2) is 7.20. The summed E-state index contributed by atoms with van der Waals surface area (Å²) in [6.07, 6.45) is -3.09. The van der Waals surface area contributed by atoms with Gasteiger partial charge in [-0.05, 0) is 35.4 Å². The van der Waals surface area contributed by atoms with E-state index in [-0.39, 0.29) is 12.2 Å². The molecule has 0 saturated carbocycles. The van der Waals surface area contributed by atoms with E-state index in [1.165, 1.54) is 18.3 Å². The Hall–Kier alpha value is -2.84. The van der Waals surface area contributed by atoms with E-state index in [0.29, 0.717) is 26.7 Å². The van der Waals surface area contributed by atoms with Crippen LogP contribution in [0.2, 0.25) is 10.0 Å². The zero-order valence-corrected chi connectivity index (χ0v) is 16.0. The van der Waals surface area contributed by atoms with Gasteiger partial charge in [0.15, 0.2) is 5.65 Å². The Balaban J connectivity index is 1.77. The third-order valence-corrected chi connectivity index (χ3v) is 4.85. The second-order valence-corrected chi connectivity index (χ2v) is 7.09. The molecule has 2 heterocycles. The molecule has 0 spiro atoms. The molecule has 0 aliphatic rings. The summed E-state index contributed by atoms with van der Waals surface area (Å²) >= 11 is 12.2.